The van der Waals surface area contributed by atoms with E-state index in [0.717, 1.165) is 17.3 Å². The Balaban J connectivity index is 1.60. The van der Waals surface area contributed by atoms with Crippen molar-refractivity contribution in [1.29, 1.82) is 0 Å². The predicted octanol–water partition coefficient (Wildman–Crippen LogP) is 4.30. The number of amides is 1. The Morgan fingerprint density at radius 1 is 1.32 bits per heavy atom. The molecular formula is C17H14ClFN4OS. The number of hydrogen-bond acceptors (Lipinski definition) is 4. The van der Waals surface area contributed by atoms with Crippen LogP contribution in [0.3, 0.4) is 0 Å². The van der Waals surface area contributed by atoms with Crippen molar-refractivity contribution < 1.29 is 9.18 Å². The molecule has 1 amide bonds. The molecule has 0 fully saturated rings. The minimum Gasteiger partial charge on any atom is -0.325 e. The number of carbonyl (C=O) groups excluding carboxylic acids is 1. The molecule has 128 valence electrons. The van der Waals surface area contributed by atoms with Crippen molar-refractivity contribution in [2.75, 3.05) is 11.1 Å². The lowest BCUT2D eigenvalue weighted by Crippen LogP contribution is -2.14. The number of aryl methyl sites for hydroxylation is 1. The molecule has 0 saturated heterocycles. The summed E-state index contributed by atoms with van der Waals surface area (Å²) < 4.78 is 13.7. The van der Waals surface area contributed by atoms with E-state index < -0.39 is 0 Å². The van der Waals surface area contributed by atoms with Crippen LogP contribution in [-0.2, 0) is 4.79 Å². The van der Waals surface area contributed by atoms with Crippen LogP contribution >= 0.6 is 23.4 Å². The molecule has 1 heterocycles. The summed E-state index contributed by atoms with van der Waals surface area (Å²) in [6.07, 6.45) is 0. The molecule has 2 aromatic carbocycles. The summed E-state index contributed by atoms with van der Waals surface area (Å²) in [5, 5.41) is 10.5. The zero-order valence-corrected chi connectivity index (χ0v) is 14.8. The van der Waals surface area contributed by atoms with Gasteiger partial charge < -0.3 is 5.32 Å². The number of nitrogens with zero attached hydrogens (tertiary/aromatic N) is 2. The lowest BCUT2D eigenvalue weighted by molar-refractivity contribution is -0.113. The number of H-pyrrole nitrogens is 1. The predicted molar refractivity (Wildman–Crippen MR) is 97.3 cm³/mol. The molecule has 0 bridgehead atoms. The number of nitrogens with one attached hydrogen (secondary N) is 2. The maximum atomic E-state index is 13.7. The number of aromatic amines is 1. The quantitative estimate of drug-likeness (QED) is 0.651. The number of benzene rings is 2. The molecule has 0 unspecified atom stereocenters. The first kappa shape index (κ1) is 17.4. The second kappa shape index (κ2) is 7.67. The number of hydrogen-bond donors (Lipinski definition) is 2. The Kier molecular flexibility index (Phi) is 5.35. The Morgan fingerprint density at radius 2 is 2.12 bits per heavy atom. The van der Waals surface area contributed by atoms with E-state index in [0.29, 0.717) is 27.3 Å². The van der Waals surface area contributed by atoms with Crippen LogP contribution in [0.4, 0.5) is 10.1 Å². The smallest absolute Gasteiger partial charge is 0.234 e. The fourth-order valence-corrected chi connectivity index (χ4v) is 2.99. The minimum absolute atomic E-state index is 0.136. The Hall–Kier alpha value is -2.38. The molecule has 0 saturated carbocycles. The minimum atomic E-state index is -0.383. The van der Waals surface area contributed by atoms with Crippen LogP contribution in [0.1, 0.15) is 5.56 Å². The van der Waals surface area contributed by atoms with Gasteiger partial charge >= 0.3 is 0 Å². The van der Waals surface area contributed by atoms with Gasteiger partial charge in [0.05, 0.1) is 11.3 Å². The van der Waals surface area contributed by atoms with Gasteiger partial charge in [0.1, 0.15) is 5.82 Å². The third kappa shape index (κ3) is 4.37. The summed E-state index contributed by atoms with van der Waals surface area (Å²) in [4.78, 5) is 16.3. The molecule has 8 heteroatoms. The lowest BCUT2D eigenvalue weighted by Gasteiger charge is -2.07. The standard InChI is InChI=1S/C17H14ClFN4OS/c1-10-8-11(18)6-7-14(10)20-15(24)9-25-17-21-16(22-23-17)12-4-2-3-5-13(12)19/h2-8H,9H2,1H3,(H,20,24)(H,21,22,23). The molecule has 5 nitrogen and oxygen atoms in total. The van der Waals surface area contributed by atoms with E-state index in [-0.39, 0.29) is 17.5 Å². The number of aromatic nitrogens is 3. The van der Waals surface area contributed by atoms with Gasteiger partial charge in [-0.1, -0.05) is 35.5 Å². The van der Waals surface area contributed by atoms with Crippen molar-refractivity contribution in [3.63, 3.8) is 0 Å². The second-order valence-electron chi connectivity index (χ2n) is 5.24. The van der Waals surface area contributed by atoms with Gasteiger partial charge in [0.15, 0.2) is 5.82 Å². The van der Waals surface area contributed by atoms with Crippen LogP contribution in [-0.4, -0.2) is 26.8 Å². The van der Waals surface area contributed by atoms with Crippen LogP contribution < -0.4 is 5.32 Å². The molecule has 2 N–H and O–H groups in total. The van der Waals surface area contributed by atoms with Crippen molar-refractivity contribution in [2.45, 2.75) is 12.1 Å². The van der Waals surface area contributed by atoms with E-state index in [1.54, 1.807) is 36.4 Å². The van der Waals surface area contributed by atoms with Gasteiger partial charge in [0.2, 0.25) is 11.1 Å². The van der Waals surface area contributed by atoms with Crippen LogP contribution in [0.2, 0.25) is 5.02 Å². The molecule has 0 atom stereocenters. The van der Waals surface area contributed by atoms with Crippen LogP contribution in [0.25, 0.3) is 11.4 Å². The van der Waals surface area contributed by atoms with Gasteiger partial charge in [-0.15, -0.1) is 5.10 Å². The molecule has 0 radical (unpaired) electrons. The SMILES string of the molecule is Cc1cc(Cl)ccc1NC(=O)CSc1n[nH]c(-c2ccccc2F)n1. The highest BCUT2D eigenvalue weighted by molar-refractivity contribution is 7.99. The first-order valence-corrected chi connectivity index (χ1v) is 8.75. The number of carbonyl (C=O) groups is 1. The van der Waals surface area contributed by atoms with Gasteiger partial charge in [-0.05, 0) is 42.8 Å². The normalized spacial score (nSPS) is 10.7. The van der Waals surface area contributed by atoms with E-state index in [1.165, 1.54) is 6.07 Å². The highest BCUT2D eigenvalue weighted by Gasteiger charge is 2.12. The molecular weight excluding hydrogens is 363 g/mol. The Labute approximate surface area is 153 Å². The van der Waals surface area contributed by atoms with Gasteiger partial charge in [-0.3, -0.25) is 9.89 Å². The van der Waals surface area contributed by atoms with Crippen LogP contribution in [0.5, 0.6) is 0 Å². The van der Waals surface area contributed by atoms with E-state index in [1.807, 2.05) is 6.92 Å². The van der Waals surface area contributed by atoms with Crippen molar-refractivity contribution in [1.82, 2.24) is 15.2 Å². The summed E-state index contributed by atoms with van der Waals surface area (Å²) in [6.45, 7) is 1.87. The summed E-state index contributed by atoms with van der Waals surface area (Å²) in [6, 6.07) is 11.5. The molecule has 3 rings (SSSR count). The summed E-state index contributed by atoms with van der Waals surface area (Å²) >= 11 is 7.06. The Bertz CT molecular complexity index is 915. The highest BCUT2D eigenvalue weighted by Crippen LogP contribution is 2.23. The number of halogens is 2. The number of thioether (sulfide) groups is 1. The molecule has 0 spiro atoms. The van der Waals surface area contributed by atoms with E-state index in [2.05, 4.69) is 20.5 Å². The molecule has 0 aliphatic rings. The fourth-order valence-electron chi connectivity index (χ4n) is 2.17. The maximum Gasteiger partial charge on any atom is 0.234 e. The van der Waals surface area contributed by atoms with E-state index in [9.17, 15) is 9.18 Å². The first-order chi connectivity index (χ1) is 12.0. The van der Waals surface area contributed by atoms with Gasteiger partial charge in [-0.2, -0.15) is 0 Å². The zero-order valence-electron chi connectivity index (χ0n) is 13.2. The fraction of sp³-hybridized carbons (Fsp3) is 0.118. The van der Waals surface area contributed by atoms with Crippen molar-refractivity contribution in [2.24, 2.45) is 0 Å². The molecule has 25 heavy (non-hydrogen) atoms. The maximum absolute atomic E-state index is 13.7. The van der Waals surface area contributed by atoms with E-state index in [4.69, 9.17) is 11.6 Å². The molecule has 3 aromatic rings. The average Bonchev–Trinajstić information content (AvgIpc) is 3.05. The summed E-state index contributed by atoms with van der Waals surface area (Å²) in [7, 11) is 0. The first-order valence-electron chi connectivity index (χ1n) is 7.39. The van der Waals surface area contributed by atoms with Crippen molar-refractivity contribution >= 4 is 35.0 Å². The van der Waals surface area contributed by atoms with Gasteiger partial charge in [-0.25, -0.2) is 9.37 Å². The number of anilines is 1. The van der Waals surface area contributed by atoms with Gasteiger partial charge in [0.25, 0.3) is 0 Å². The third-order valence-corrected chi connectivity index (χ3v) is 4.47. The molecule has 0 aliphatic carbocycles. The highest BCUT2D eigenvalue weighted by atomic mass is 35.5. The largest absolute Gasteiger partial charge is 0.325 e. The van der Waals surface area contributed by atoms with E-state index >= 15 is 0 Å². The summed E-state index contributed by atoms with van der Waals surface area (Å²) in [5.74, 6) is -0.107. The average molecular weight is 377 g/mol. The van der Waals surface area contributed by atoms with Gasteiger partial charge in [0, 0.05) is 10.7 Å². The summed E-state index contributed by atoms with van der Waals surface area (Å²) in [5.41, 5.74) is 1.92. The van der Waals surface area contributed by atoms with Crippen LogP contribution in [0.15, 0.2) is 47.6 Å². The molecule has 0 aliphatic heterocycles. The Morgan fingerprint density at radius 3 is 2.88 bits per heavy atom. The van der Waals surface area contributed by atoms with Crippen molar-refractivity contribution in [3.8, 4) is 11.4 Å². The van der Waals surface area contributed by atoms with Crippen molar-refractivity contribution in [3.05, 3.63) is 58.9 Å². The topological polar surface area (TPSA) is 70.7 Å². The monoisotopic (exact) mass is 376 g/mol. The number of rotatable bonds is 5. The molecule has 1 aromatic heterocycles. The zero-order chi connectivity index (χ0) is 17.8. The lowest BCUT2D eigenvalue weighted by atomic mass is 10.2. The second-order valence-corrected chi connectivity index (χ2v) is 6.62. The van der Waals surface area contributed by atoms with Crippen LogP contribution in [0, 0.1) is 12.7 Å². The third-order valence-electron chi connectivity index (χ3n) is 3.39.